The molecule has 0 saturated carbocycles. The van der Waals surface area contributed by atoms with Gasteiger partial charge in [-0.3, -0.25) is 0 Å². The van der Waals surface area contributed by atoms with Crippen LogP contribution < -0.4 is 0 Å². The zero-order valence-corrected chi connectivity index (χ0v) is 13.0. The zero-order chi connectivity index (χ0) is 19.4. The van der Waals surface area contributed by atoms with Gasteiger partial charge in [-0.05, 0) is 35.4 Å². The van der Waals surface area contributed by atoms with Gasteiger partial charge in [0, 0.05) is 0 Å². The normalized spacial score (nSPS) is 10.6. The van der Waals surface area contributed by atoms with Gasteiger partial charge in [-0.25, -0.2) is 19.2 Å². The molecule has 0 fully saturated rings. The van der Waals surface area contributed by atoms with Crippen LogP contribution in [-0.2, 0) is 0 Å². The molecule has 4 N–H and O–H groups in total. The second kappa shape index (κ2) is 7.31. The van der Waals surface area contributed by atoms with Crippen molar-refractivity contribution in [1.29, 1.82) is 0 Å². The molecule has 2 rings (SSSR count). The summed E-state index contributed by atoms with van der Waals surface area (Å²) in [5, 5.41) is 36.4. The molecule has 26 heavy (non-hydrogen) atoms. The van der Waals surface area contributed by atoms with E-state index in [2.05, 4.69) is 0 Å². The number of hydrogen-bond acceptors (Lipinski definition) is 4. The van der Waals surface area contributed by atoms with Crippen molar-refractivity contribution in [3.8, 4) is 0 Å². The maximum Gasteiger partial charge on any atom is 0.337 e. The lowest BCUT2D eigenvalue weighted by atomic mass is 9.96. The predicted octanol–water partition coefficient (Wildman–Crippen LogP) is 2.65. The topological polar surface area (TPSA) is 149 Å². The Morgan fingerprint density at radius 2 is 1.23 bits per heavy atom. The Bertz CT molecular complexity index is 938. The average molecular weight is 356 g/mol. The third-order valence-corrected chi connectivity index (χ3v) is 3.47. The highest BCUT2D eigenvalue weighted by molar-refractivity contribution is 6.07. The lowest BCUT2D eigenvalue weighted by molar-refractivity contribution is 0.0649. The van der Waals surface area contributed by atoms with Gasteiger partial charge in [-0.15, -0.1) is 0 Å². The van der Waals surface area contributed by atoms with Crippen LogP contribution in [0.3, 0.4) is 0 Å². The van der Waals surface area contributed by atoms with Gasteiger partial charge in [0.25, 0.3) is 0 Å². The Hall–Kier alpha value is -3.94. The molecular formula is C18H12O8. The summed E-state index contributed by atoms with van der Waals surface area (Å²) in [6, 6.07) is 7.47. The SMILES string of the molecule is O=C(O)c1ccc(/C=C\c2cc(C(=O)O)cc(C(=O)O)c2C(=O)O)cc1. The van der Waals surface area contributed by atoms with Crippen molar-refractivity contribution in [2.45, 2.75) is 0 Å². The van der Waals surface area contributed by atoms with Crippen molar-refractivity contribution in [3.05, 3.63) is 69.8 Å². The van der Waals surface area contributed by atoms with Crippen molar-refractivity contribution in [2.75, 3.05) is 0 Å². The van der Waals surface area contributed by atoms with E-state index in [4.69, 9.17) is 10.2 Å². The molecule has 0 spiro atoms. The second-order valence-electron chi connectivity index (χ2n) is 5.16. The lowest BCUT2D eigenvalue weighted by Gasteiger charge is -2.08. The molecule has 0 unspecified atom stereocenters. The fourth-order valence-corrected chi connectivity index (χ4v) is 2.25. The van der Waals surface area contributed by atoms with Gasteiger partial charge < -0.3 is 20.4 Å². The molecular weight excluding hydrogens is 344 g/mol. The smallest absolute Gasteiger partial charge is 0.337 e. The minimum Gasteiger partial charge on any atom is -0.478 e. The molecule has 8 nitrogen and oxygen atoms in total. The van der Waals surface area contributed by atoms with Crippen LogP contribution in [0.1, 0.15) is 52.6 Å². The first-order valence-corrected chi connectivity index (χ1v) is 7.10. The molecule has 0 aliphatic rings. The fraction of sp³-hybridized carbons (Fsp3) is 0. The molecule has 0 saturated heterocycles. The zero-order valence-electron chi connectivity index (χ0n) is 13.0. The van der Waals surface area contributed by atoms with E-state index < -0.39 is 35.0 Å². The highest BCUT2D eigenvalue weighted by Crippen LogP contribution is 2.21. The van der Waals surface area contributed by atoms with Gasteiger partial charge >= 0.3 is 23.9 Å². The number of hydrogen-bond donors (Lipinski definition) is 4. The maximum absolute atomic E-state index is 11.4. The number of carbonyl (C=O) groups is 4. The highest BCUT2D eigenvalue weighted by Gasteiger charge is 2.22. The largest absolute Gasteiger partial charge is 0.478 e. The molecule has 2 aromatic carbocycles. The van der Waals surface area contributed by atoms with Crippen molar-refractivity contribution in [1.82, 2.24) is 0 Å². The van der Waals surface area contributed by atoms with E-state index in [9.17, 15) is 29.4 Å². The molecule has 0 heterocycles. The van der Waals surface area contributed by atoms with Gasteiger partial charge in [0.1, 0.15) is 0 Å². The first-order valence-electron chi connectivity index (χ1n) is 7.10. The Morgan fingerprint density at radius 1 is 0.654 bits per heavy atom. The number of benzene rings is 2. The molecule has 0 radical (unpaired) electrons. The van der Waals surface area contributed by atoms with E-state index in [1.807, 2.05) is 0 Å². The molecule has 0 bridgehead atoms. The van der Waals surface area contributed by atoms with Gasteiger partial charge in [0.05, 0.1) is 22.3 Å². The molecule has 0 aromatic heterocycles. The molecule has 132 valence electrons. The molecule has 0 atom stereocenters. The van der Waals surface area contributed by atoms with Crippen molar-refractivity contribution in [3.63, 3.8) is 0 Å². The number of rotatable bonds is 6. The quantitative estimate of drug-likeness (QED) is 0.577. The van der Waals surface area contributed by atoms with Gasteiger partial charge in [0.2, 0.25) is 0 Å². The van der Waals surface area contributed by atoms with E-state index >= 15 is 0 Å². The van der Waals surface area contributed by atoms with Gasteiger partial charge in [0.15, 0.2) is 0 Å². The van der Waals surface area contributed by atoms with Crippen molar-refractivity contribution >= 4 is 36.0 Å². The lowest BCUT2D eigenvalue weighted by Crippen LogP contribution is -2.12. The summed E-state index contributed by atoms with van der Waals surface area (Å²) < 4.78 is 0. The van der Waals surface area contributed by atoms with Crippen molar-refractivity contribution < 1.29 is 39.6 Å². The molecule has 0 aliphatic carbocycles. The Morgan fingerprint density at radius 3 is 1.69 bits per heavy atom. The fourth-order valence-electron chi connectivity index (χ4n) is 2.25. The van der Waals surface area contributed by atoms with Crippen molar-refractivity contribution in [2.24, 2.45) is 0 Å². The minimum absolute atomic E-state index is 0.0643. The maximum atomic E-state index is 11.4. The van der Waals surface area contributed by atoms with Crippen LogP contribution in [-0.4, -0.2) is 44.3 Å². The Balaban J connectivity index is 2.55. The summed E-state index contributed by atoms with van der Waals surface area (Å²) in [7, 11) is 0. The Labute approximate surface area is 146 Å². The standard InChI is InChI=1S/C18H12O8/c19-15(20)10-4-1-9(2-5-10)3-6-11-7-12(16(21)22)8-13(17(23)24)14(11)18(25)26/h1-8H,(H,19,20)(H,21,22)(H,23,24)(H,25,26)/b6-3-. The Kier molecular flexibility index (Phi) is 5.17. The van der Waals surface area contributed by atoms with Crippen LogP contribution >= 0.6 is 0 Å². The molecule has 0 aliphatic heterocycles. The average Bonchev–Trinajstić information content (AvgIpc) is 2.58. The van der Waals surface area contributed by atoms with Crippen LogP contribution in [0.5, 0.6) is 0 Å². The first kappa shape index (κ1) is 18.4. The third kappa shape index (κ3) is 3.93. The summed E-state index contributed by atoms with van der Waals surface area (Å²) in [4.78, 5) is 44.7. The van der Waals surface area contributed by atoms with Crippen LogP contribution in [0.4, 0.5) is 0 Å². The molecule has 2 aromatic rings. The number of aromatic carboxylic acids is 4. The van der Waals surface area contributed by atoms with E-state index in [1.54, 1.807) is 0 Å². The summed E-state index contributed by atoms with van der Waals surface area (Å²) in [6.45, 7) is 0. The monoisotopic (exact) mass is 356 g/mol. The first-order chi connectivity index (χ1) is 12.2. The molecule has 0 amide bonds. The van der Waals surface area contributed by atoms with Crippen LogP contribution in [0.25, 0.3) is 12.2 Å². The third-order valence-electron chi connectivity index (χ3n) is 3.47. The van der Waals surface area contributed by atoms with Crippen LogP contribution in [0.2, 0.25) is 0 Å². The summed E-state index contributed by atoms with van der Waals surface area (Å²) in [5.41, 5.74) is -1.07. The predicted molar refractivity (Wildman–Crippen MR) is 89.6 cm³/mol. The highest BCUT2D eigenvalue weighted by atomic mass is 16.4. The van der Waals surface area contributed by atoms with E-state index in [-0.39, 0.29) is 16.7 Å². The van der Waals surface area contributed by atoms with E-state index in [0.29, 0.717) is 5.56 Å². The van der Waals surface area contributed by atoms with E-state index in [1.165, 1.54) is 36.4 Å². The van der Waals surface area contributed by atoms with Crippen LogP contribution in [0, 0.1) is 0 Å². The van der Waals surface area contributed by atoms with Gasteiger partial charge in [-0.2, -0.15) is 0 Å². The molecule has 8 heteroatoms. The minimum atomic E-state index is -1.56. The van der Waals surface area contributed by atoms with Gasteiger partial charge in [-0.1, -0.05) is 24.3 Å². The summed E-state index contributed by atoms with van der Waals surface area (Å²) >= 11 is 0. The number of carboxylic acids is 4. The second-order valence-corrected chi connectivity index (χ2v) is 5.16. The summed E-state index contributed by atoms with van der Waals surface area (Å²) in [5.74, 6) is -5.58. The summed E-state index contributed by atoms with van der Waals surface area (Å²) in [6.07, 6.45) is 2.68. The number of carboxylic acid groups (broad SMARTS) is 4. The van der Waals surface area contributed by atoms with Crippen LogP contribution in [0.15, 0.2) is 36.4 Å². The van der Waals surface area contributed by atoms with E-state index in [0.717, 1.165) is 12.1 Å².